The first kappa shape index (κ1) is 18.9. The molecule has 1 atom stereocenters. The van der Waals surface area contributed by atoms with Crippen LogP contribution < -0.4 is 9.47 Å². The van der Waals surface area contributed by atoms with Crippen LogP contribution in [0, 0.1) is 0 Å². The first-order valence-electron chi connectivity index (χ1n) is 7.58. The number of carbonyl (C=O) groups excluding carboxylic acids is 3. The Kier molecular flexibility index (Phi) is 6.08. The number of nitrogens with zero attached hydrogens (tertiary/aromatic N) is 1. The van der Waals surface area contributed by atoms with Crippen molar-refractivity contribution in [3.63, 3.8) is 0 Å². The summed E-state index contributed by atoms with van der Waals surface area (Å²) < 4.78 is 15.3. The molecule has 2 rings (SSSR count). The van der Waals surface area contributed by atoms with Crippen molar-refractivity contribution in [1.82, 2.24) is 4.90 Å². The van der Waals surface area contributed by atoms with Gasteiger partial charge in [0, 0.05) is 0 Å². The number of carbonyl (C=O) groups is 3. The van der Waals surface area contributed by atoms with E-state index in [1.54, 1.807) is 24.3 Å². The van der Waals surface area contributed by atoms with Crippen LogP contribution in [0.25, 0.3) is 6.08 Å². The molecule has 25 heavy (non-hydrogen) atoms. The summed E-state index contributed by atoms with van der Waals surface area (Å²) in [4.78, 5) is 37.3. The van der Waals surface area contributed by atoms with Gasteiger partial charge in [-0.15, -0.1) is 0 Å². The lowest BCUT2D eigenvalue weighted by molar-refractivity contribution is -0.148. The number of rotatable bonds is 6. The van der Waals surface area contributed by atoms with Gasteiger partial charge in [0.2, 0.25) is 0 Å². The van der Waals surface area contributed by atoms with Crippen molar-refractivity contribution in [2.24, 2.45) is 0 Å². The molecule has 1 aromatic carbocycles. The molecule has 0 saturated carbocycles. The van der Waals surface area contributed by atoms with E-state index in [1.807, 2.05) is 6.92 Å². The minimum atomic E-state index is -0.974. The van der Waals surface area contributed by atoms with Crippen LogP contribution in [0.15, 0.2) is 23.1 Å². The number of amides is 2. The maximum Gasteiger partial charge on any atom is 0.328 e. The number of esters is 1. The van der Waals surface area contributed by atoms with Crippen LogP contribution in [0.4, 0.5) is 4.79 Å². The van der Waals surface area contributed by atoms with E-state index in [4.69, 9.17) is 9.47 Å². The minimum absolute atomic E-state index is 0.229. The van der Waals surface area contributed by atoms with Crippen molar-refractivity contribution in [2.45, 2.75) is 19.9 Å². The molecule has 1 aromatic rings. The average Bonchev–Trinajstić information content (AvgIpc) is 2.88. The lowest BCUT2D eigenvalue weighted by Crippen LogP contribution is -2.42. The number of thioether (sulfide) groups is 1. The van der Waals surface area contributed by atoms with Gasteiger partial charge >= 0.3 is 5.97 Å². The third kappa shape index (κ3) is 3.96. The lowest BCUT2D eigenvalue weighted by Gasteiger charge is -2.18. The summed E-state index contributed by atoms with van der Waals surface area (Å²) in [6.07, 6.45) is 1.58. The second kappa shape index (κ2) is 8.06. The molecule has 8 heteroatoms. The Morgan fingerprint density at radius 3 is 2.60 bits per heavy atom. The number of hydrogen-bond acceptors (Lipinski definition) is 7. The number of ether oxygens (including phenoxy) is 3. The molecule has 7 nitrogen and oxygen atoms in total. The third-order valence-corrected chi connectivity index (χ3v) is 4.42. The SMILES string of the molecule is CCOc1ccc(/C=C2/SC(=O)N(C(C)C(=O)OC)C2=O)cc1OC. The minimum Gasteiger partial charge on any atom is -0.493 e. The van der Waals surface area contributed by atoms with Gasteiger partial charge in [0.15, 0.2) is 11.5 Å². The van der Waals surface area contributed by atoms with Crippen molar-refractivity contribution in [1.29, 1.82) is 0 Å². The Balaban J connectivity index is 2.29. The van der Waals surface area contributed by atoms with Gasteiger partial charge < -0.3 is 14.2 Å². The highest BCUT2D eigenvalue weighted by atomic mass is 32.2. The van der Waals surface area contributed by atoms with Gasteiger partial charge in [-0.3, -0.25) is 14.5 Å². The van der Waals surface area contributed by atoms with Crippen molar-refractivity contribution >= 4 is 35.0 Å². The lowest BCUT2D eigenvalue weighted by atomic mass is 10.1. The summed E-state index contributed by atoms with van der Waals surface area (Å²) in [5.41, 5.74) is 0.677. The highest BCUT2D eigenvalue weighted by Crippen LogP contribution is 2.35. The molecule has 0 aliphatic carbocycles. The van der Waals surface area contributed by atoms with Gasteiger partial charge in [0.05, 0.1) is 25.7 Å². The monoisotopic (exact) mass is 365 g/mol. The van der Waals surface area contributed by atoms with E-state index in [0.717, 1.165) is 16.7 Å². The van der Waals surface area contributed by atoms with Crippen LogP contribution in [0.2, 0.25) is 0 Å². The summed E-state index contributed by atoms with van der Waals surface area (Å²) in [6, 6.07) is 4.22. The second-order valence-electron chi connectivity index (χ2n) is 5.09. The van der Waals surface area contributed by atoms with Crippen molar-refractivity contribution < 1.29 is 28.6 Å². The first-order chi connectivity index (χ1) is 11.9. The van der Waals surface area contributed by atoms with E-state index in [2.05, 4.69) is 4.74 Å². The zero-order chi connectivity index (χ0) is 18.6. The van der Waals surface area contributed by atoms with Crippen LogP contribution in [0.5, 0.6) is 11.5 Å². The second-order valence-corrected chi connectivity index (χ2v) is 6.09. The molecule has 134 valence electrons. The quantitative estimate of drug-likeness (QED) is 0.566. The van der Waals surface area contributed by atoms with Crippen LogP contribution in [0.1, 0.15) is 19.4 Å². The Hall–Kier alpha value is -2.48. The average molecular weight is 365 g/mol. The van der Waals surface area contributed by atoms with E-state index in [0.29, 0.717) is 23.7 Å². The van der Waals surface area contributed by atoms with Crippen LogP contribution >= 0.6 is 11.8 Å². The molecule has 1 saturated heterocycles. The summed E-state index contributed by atoms with van der Waals surface area (Å²) in [5, 5.41) is -0.507. The topological polar surface area (TPSA) is 82.1 Å². The molecule has 0 N–H and O–H groups in total. The number of imide groups is 1. The highest BCUT2D eigenvalue weighted by molar-refractivity contribution is 8.18. The smallest absolute Gasteiger partial charge is 0.328 e. The standard InChI is InChI=1S/C17H19NO6S/c1-5-24-12-7-6-11(8-13(12)22-3)9-14-15(19)18(17(21)25-14)10(2)16(20)23-4/h6-10H,5H2,1-4H3/b14-9+. The van der Waals surface area contributed by atoms with Crippen LogP contribution in [-0.4, -0.2) is 48.9 Å². The molecule has 0 spiro atoms. The Bertz CT molecular complexity index is 730. The molecule has 1 aliphatic rings. The maximum absolute atomic E-state index is 12.5. The molecule has 0 aromatic heterocycles. The fourth-order valence-electron chi connectivity index (χ4n) is 2.29. The van der Waals surface area contributed by atoms with E-state index >= 15 is 0 Å². The van der Waals surface area contributed by atoms with E-state index < -0.39 is 23.2 Å². The van der Waals surface area contributed by atoms with Gasteiger partial charge in [0.25, 0.3) is 11.1 Å². The summed E-state index contributed by atoms with van der Waals surface area (Å²) in [5.74, 6) is -0.0561. The molecule has 1 unspecified atom stereocenters. The van der Waals surface area contributed by atoms with Crippen molar-refractivity contribution in [3.8, 4) is 11.5 Å². The summed E-state index contributed by atoms with van der Waals surface area (Å²) in [7, 11) is 2.73. The zero-order valence-corrected chi connectivity index (χ0v) is 15.2. The van der Waals surface area contributed by atoms with Gasteiger partial charge in [-0.2, -0.15) is 0 Å². The molecule has 0 radical (unpaired) electrons. The molecular weight excluding hydrogens is 346 g/mol. The molecular formula is C17H19NO6S. The first-order valence-corrected chi connectivity index (χ1v) is 8.40. The Labute approximate surface area is 149 Å². The van der Waals surface area contributed by atoms with Gasteiger partial charge in [0.1, 0.15) is 6.04 Å². The summed E-state index contributed by atoms with van der Waals surface area (Å²) >= 11 is 0.779. The van der Waals surface area contributed by atoms with Crippen molar-refractivity contribution in [2.75, 3.05) is 20.8 Å². The molecule has 0 bridgehead atoms. The van der Waals surface area contributed by atoms with E-state index in [-0.39, 0.29) is 4.91 Å². The highest BCUT2D eigenvalue weighted by Gasteiger charge is 2.41. The van der Waals surface area contributed by atoms with E-state index in [1.165, 1.54) is 21.1 Å². The Morgan fingerprint density at radius 2 is 2.00 bits per heavy atom. The Morgan fingerprint density at radius 1 is 1.28 bits per heavy atom. The fourth-order valence-corrected chi connectivity index (χ4v) is 3.20. The van der Waals surface area contributed by atoms with Crippen molar-refractivity contribution in [3.05, 3.63) is 28.7 Å². The third-order valence-electron chi connectivity index (χ3n) is 3.54. The predicted molar refractivity (Wildman–Crippen MR) is 93.5 cm³/mol. The maximum atomic E-state index is 12.5. The normalized spacial score (nSPS) is 17.0. The van der Waals surface area contributed by atoms with Gasteiger partial charge in [-0.25, -0.2) is 4.79 Å². The largest absolute Gasteiger partial charge is 0.493 e. The molecule has 1 heterocycles. The number of methoxy groups -OCH3 is 2. The fraction of sp³-hybridized carbons (Fsp3) is 0.353. The molecule has 2 amide bonds. The zero-order valence-electron chi connectivity index (χ0n) is 14.4. The number of hydrogen-bond donors (Lipinski definition) is 0. The van der Waals surface area contributed by atoms with Gasteiger partial charge in [-0.05, 0) is 49.4 Å². The van der Waals surface area contributed by atoms with E-state index in [9.17, 15) is 14.4 Å². The van der Waals surface area contributed by atoms with Crippen LogP contribution in [-0.2, 0) is 14.3 Å². The summed E-state index contributed by atoms with van der Waals surface area (Å²) in [6.45, 7) is 3.82. The van der Waals surface area contributed by atoms with Crippen LogP contribution in [0.3, 0.4) is 0 Å². The number of benzene rings is 1. The van der Waals surface area contributed by atoms with Gasteiger partial charge in [-0.1, -0.05) is 6.07 Å². The molecule has 1 aliphatic heterocycles. The molecule has 1 fully saturated rings. The predicted octanol–water partition coefficient (Wildman–Crippen LogP) is 2.69.